The Kier molecular flexibility index (Phi) is 2.68. The van der Waals surface area contributed by atoms with Crippen LogP contribution < -0.4 is 0 Å². The molecular formula is C15H28. The Hall–Kier alpha value is 0. The van der Waals surface area contributed by atoms with E-state index in [0.29, 0.717) is 10.8 Å². The van der Waals surface area contributed by atoms with Crippen LogP contribution in [0.3, 0.4) is 0 Å². The zero-order valence-corrected chi connectivity index (χ0v) is 11.3. The Morgan fingerprint density at radius 2 is 1.60 bits per heavy atom. The van der Waals surface area contributed by atoms with Gasteiger partial charge in [0, 0.05) is 0 Å². The van der Waals surface area contributed by atoms with Crippen LogP contribution in [0.5, 0.6) is 0 Å². The topological polar surface area (TPSA) is 0 Å². The summed E-state index contributed by atoms with van der Waals surface area (Å²) >= 11 is 0. The highest BCUT2D eigenvalue weighted by atomic mass is 14.6. The van der Waals surface area contributed by atoms with E-state index < -0.39 is 0 Å². The molecule has 0 N–H and O–H groups in total. The standard InChI is InChI=1S/C15H28/c1-11-7-8-13-14(3,4)9-6-10-15(13,5)12(11)2/h11-13H,6-10H2,1-5H3/t11-,12+,13-,15-/m1/s1. The van der Waals surface area contributed by atoms with Crippen molar-refractivity contribution >= 4 is 0 Å². The maximum atomic E-state index is 2.58. The van der Waals surface area contributed by atoms with E-state index in [1.165, 1.54) is 32.1 Å². The van der Waals surface area contributed by atoms with E-state index in [1.807, 2.05) is 0 Å². The van der Waals surface area contributed by atoms with E-state index in [4.69, 9.17) is 0 Å². The van der Waals surface area contributed by atoms with Gasteiger partial charge in [-0.1, -0.05) is 47.5 Å². The van der Waals surface area contributed by atoms with Crippen molar-refractivity contribution in [3.63, 3.8) is 0 Å². The van der Waals surface area contributed by atoms with Gasteiger partial charge < -0.3 is 0 Å². The molecule has 2 aliphatic rings. The van der Waals surface area contributed by atoms with Gasteiger partial charge in [-0.15, -0.1) is 0 Å². The predicted octanol–water partition coefficient (Wildman–Crippen LogP) is 4.89. The van der Waals surface area contributed by atoms with Crippen LogP contribution in [0.25, 0.3) is 0 Å². The zero-order valence-electron chi connectivity index (χ0n) is 11.3. The lowest BCUT2D eigenvalue weighted by atomic mass is 9.47. The lowest BCUT2D eigenvalue weighted by molar-refractivity contribution is -0.0868. The highest BCUT2D eigenvalue weighted by Crippen LogP contribution is 2.60. The molecule has 0 radical (unpaired) electrons. The Labute approximate surface area is 95.8 Å². The fourth-order valence-corrected chi connectivity index (χ4v) is 4.76. The third-order valence-electron chi connectivity index (χ3n) is 6.08. The summed E-state index contributed by atoms with van der Waals surface area (Å²) in [6, 6.07) is 0. The first-order valence-corrected chi connectivity index (χ1v) is 6.88. The van der Waals surface area contributed by atoms with Gasteiger partial charge in [0.15, 0.2) is 0 Å². The lowest BCUT2D eigenvalue weighted by Crippen LogP contribution is -2.50. The molecule has 2 fully saturated rings. The van der Waals surface area contributed by atoms with Gasteiger partial charge in [-0.3, -0.25) is 0 Å². The number of rotatable bonds is 0. The monoisotopic (exact) mass is 208 g/mol. The first kappa shape index (κ1) is 11.5. The normalized spacial score (nSPS) is 49.8. The summed E-state index contributed by atoms with van der Waals surface area (Å²) in [6.45, 7) is 12.6. The van der Waals surface area contributed by atoms with Gasteiger partial charge in [-0.05, 0) is 47.8 Å². The molecule has 0 amide bonds. The van der Waals surface area contributed by atoms with Gasteiger partial charge in [-0.2, -0.15) is 0 Å². The molecule has 88 valence electrons. The highest BCUT2D eigenvalue weighted by Gasteiger charge is 2.51. The third kappa shape index (κ3) is 1.65. The molecule has 0 aliphatic heterocycles. The quantitative estimate of drug-likeness (QED) is 0.532. The van der Waals surface area contributed by atoms with Crippen LogP contribution >= 0.6 is 0 Å². The van der Waals surface area contributed by atoms with Crippen molar-refractivity contribution in [3.8, 4) is 0 Å². The second kappa shape index (κ2) is 3.50. The van der Waals surface area contributed by atoms with E-state index in [1.54, 1.807) is 0 Å². The van der Waals surface area contributed by atoms with Gasteiger partial charge in [0.05, 0.1) is 0 Å². The van der Waals surface area contributed by atoms with E-state index >= 15 is 0 Å². The average Bonchev–Trinajstić information content (AvgIpc) is 2.12. The first-order chi connectivity index (χ1) is 6.88. The molecule has 0 nitrogen and oxygen atoms in total. The minimum absolute atomic E-state index is 0.599. The molecule has 4 atom stereocenters. The molecule has 2 saturated carbocycles. The molecule has 0 heterocycles. The van der Waals surface area contributed by atoms with Crippen LogP contribution in [0.2, 0.25) is 0 Å². The molecule has 2 aliphatic carbocycles. The molecule has 2 rings (SSSR count). The summed E-state index contributed by atoms with van der Waals surface area (Å²) in [7, 11) is 0. The largest absolute Gasteiger partial charge is 0.0622 e. The van der Waals surface area contributed by atoms with Crippen LogP contribution in [-0.2, 0) is 0 Å². The number of hydrogen-bond acceptors (Lipinski definition) is 0. The summed E-state index contributed by atoms with van der Waals surface area (Å²) in [4.78, 5) is 0. The van der Waals surface area contributed by atoms with Crippen LogP contribution in [0.1, 0.15) is 66.7 Å². The summed E-state index contributed by atoms with van der Waals surface area (Å²) < 4.78 is 0. The maximum Gasteiger partial charge on any atom is -0.0264 e. The van der Waals surface area contributed by atoms with Crippen LogP contribution in [0.4, 0.5) is 0 Å². The van der Waals surface area contributed by atoms with E-state index in [9.17, 15) is 0 Å². The molecule has 15 heavy (non-hydrogen) atoms. The second-order valence-electron chi connectivity index (χ2n) is 7.24. The number of hydrogen-bond donors (Lipinski definition) is 0. The molecule has 0 saturated heterocycles. The maximum absolute atomic E-state index is 2.58. The third-order valence-corrected chi connectivity index (χ3v) is 6.08. The Morgan fingerprint density at radius 1 is 0.933 bits per heavy atom. The van der Waals surface area contributed by atoms with Crippen LogP contribution in [0, 0.1) is 28.6 Å². The SMILES string of the molecule is C[C@@H]1CC[C@@H]2C(C)(C)CCC[C@]2(C)[C@H]1C. The molecule has 0 heteroatoms. The van der Waals surface area contributed by atoms with E-state index in [2.05, 4.69) is 34.6 Å². The van der Waals surface area contributed by atoms with Gasteiger partial charge in [-0.25, -0.2) is 0 Å². The molecule has 0 aromatic carbocycles. The Morgan fingerprint density at radius 3 is 2.27 bits per heavy atom. The average molecular weight is 208 g/mol. The minimum Gasteiger partial charge on any atom is -0.0622 e. The fourth-order valence-electron chi connectivity index (χ4n) is 4.76. The Balaban J connectivity index is 2.29. The van der Waals surface area contributed by atoms with Crippen molar-refractivity contribution in [2.75, 3.05) is 0 Å². The molecule has 0 unspecified atom stereocenters. The van der Waals surface area contributed by atoms with Gasteiger partial charge in [0.25, 0.3) is 0 Å². The summed E-state index contributed by atoms with van der Waals surface area (Å²) in [5.74, 6) is 2.85. The molecule has 0 aromatic heterocycles. The summed E-state index contributed by atoms with van der Waals surface area (Å²) in [5, 5.41) is 0. The van der Waals surface area contributed by atoms with Gasteiger partial charge in [0.2, 0.25) is 0 Å². The van der Waals surface area contributed by atoms with Crippen molar-refractivity contribution in [1.29, 1.82) is 0 Å². The highest BCUT2D eigenvalue weighted by molar-refractivity contribution is 5.01. The molecular weight excluding hydrogens is 180 g/mol. The van der Waals surface area contributed by atoms with Crippen molar-refractivity contribution in [3.05, 3.63) is 0 Å². The van der Waals surface area contributed by atoms with Crippen molar-refractivity contribution in [1.82, 2.24) is 0 Å². The van der Waals surface area contributed by atoms with E-state index in [-0.39, 0.29) is 0 Å². The first-order valence-electron chi connectivity index (χ1n) is 6.88. The summed E-state index contributed by atoms with van der Waals surface area (Å²) in [5.41, 5.74) is 1.24. The van der Waals surface area contributed by atoms with E-state index in [0.717, 1.165) is 17.8 Å². The second-order valence-corrected chi connectivity index (χ2v) is 7.24. The smallest absolute Gasteiger partial charge is 0.0264 e. The Bertz CT molecular complexity index is 240. The molecule has 0 spiro atoms. The van der Waals surface area contributed by atoms with Crippen molar-refractivity contribution in [2.24, 2.45) is 28.6 Å². The lowest BCUT2D eigenvalue weighted by Gasteiger charge is -2.58. The molecule has 0 aromatic rings. The fraction of sp³-hybridized carbons (Fsp3) is 1.00. The summed E-state index contributed by atoms with van der Waals surface area (Å²) in [6.07, 6.45) is 7.33. The van der Waals surface area contributed by atoms with Gasteiger partial charge >= 0.3 is 0 Å². The molecule has 0 bridgehead atoms. The minimum atomic E-state index is 0.599. The zero-order chi connectivity index (χ0) is 11.3. The predicted molar refractivity (Wildman–Crippen MR) is 66.8 cm³/mol. The van der Waals surface area contributed by atoms with Crippen molar-refractivity contribution < 1.29 is 0 Å². The number of fused-ring (bicyclic) bond motifs is 1. The van der Waals surface area contributed by atoms with Crippen LogP contribution in [0.15, 0.2) is 0 Å². The van der Waals surface area contributed by atoms with Crippen LogP contribution in [-0.4, -0.2) is 0 Å². The van der Waals surface area contributed by atoms with Gasteiger partial charge in [0.1, 0.15) is 0 Å². The van der Waals surface area contributed by atoms with Crippen molar-refractivity contribution in [2.45, 2.75) is 66.7 Å².